The summed E-state index contributed by atoms with van der Waals surface area (Å²) in [6.45, 7) is 0.891. The first-order chi connectivity index (χ1) is 14.0. The number of oxazole rings is 1. The average molecular weight is 393 g/mol. The van der Waals surface area contributed by atoms with E-state index in [1.165, 1.54) is 23.1 Å². The maximum atomic E-state index is 12.8. The maximum Gasteiger partial charge on any atom is 0.271 e. The third-order valence-electron chi connectivity index (χ3n) is 5.21. The average Bonchev–Trinajstić information content (AvgIpc) is 3.43. The summed E-state index contributed by atoms with van der Waals surface area (Å²) in [6, 6.07) is 8.95. The molecule has 1 saturated heterocycles. The molecule has 2 aliphatic rings. The number of hydrogen-bond donors (Lipinski definition) is 0. The van der Waals surface area contributed by atoms with Crippen molar-refractivity contribution in [3.63, 3.8) is 0 Å². The van der Waals surface area contributed by atoms with Gasteiger partial charge in [0.25, 0.3) is 17.5 Å². The van der Waals surface area contributed by atoms with Crippen LogP contribution >= 0.6 is 0 Å². The Kier molecular flexibility index (Phi) is 3.92. The van der Waals surface area contributed by atoms with Gasteiger partial charge in [-0.05, 0) is 37.1 Å². The summed E-state index contributed by atoms with van der Waals surface area (Å²) < 4.78 is 11.2. The van der Waals surface area contributed by atoms with E-state index in [1.807, 2.05) is 0 Å². The van der Waals surface area contributed by atoms with Gasteiger partial charge < -0.3 is 9.15 Å². The highest BCUT2D eigenvalue weighted by molar-refractivity contribution is 6.21. The van der Waals surface area contributed by atoms with E-state index in [9.17, 15) is 19.7 Å². The highest BCUT2D eigenvalue weighted by atomic mass is 16.6. The van der Waals surface area contributed by atoms with Gasteiger partial charge in [-0.2, -0.15) is 0 Å². The summed E-state index contributed by atoms with van der Waals surface area (Å²) in [5.41, 5.74) is 1.80. The predicted molar refractivity (Wildman–Crippen MR) is 100 cm³/mol. The number of aromatic nitrogens is 1. The normalized spacial score (nSPS) is 18.6. The molecule has 0 radical (unpaired) electrons. The monoisotopic (exact) mass is 393 g/mol. The number of ether oxygens (including phenoxy) is 1. The maximum absolute atomic E-state index is 12.8. The first-order valence-corrected chi connectivity index (χ1v) is 9.18. The number of nitro benzene ring substituents is 1. The molecule has 1 aromatic heterocycles. The number of carbonyl (C=O) groups excluding carboxylic acids is 2. The van der Waals surface area contributed by atoms with Crippen molar-refractivity contribution in [2.75, 3.05) is 13.2 Å². The number of rotatable bonds is 4. The van der Waals surface area contributed by atoms with Gasteiger partial charge in [0.15, 0.2) is 5.58 Å². The largest absolute Gasteiger partial charge is 0.436 e. The van der Waals surface area contributed by atoms with Crippen LogP contribution in [0.25, 0.3) is 22.6 Å². The Bertz CT molecular complexity index is 1180. The topological polar surface area (TPSA) is 116 Å². The Hall–Kier alpha value is -3.59. The number of carbonyl (C=O) groups is 2. The molecule has 0 bridgehead atoms. The summed E-state index contributed by atoms with van der Waals surface area (Å²) >= 11 is 0. The van der Waals surface area contributed by atoms with Crippen LogP contribution in [0.5, 0.6) is 0 Å². The Labute approximate surface area is 164 Å². The minimum Gasteiger partial charge on any atom is -0.436 e. The Morgan fingerprint density at radius 3 is 2.72 bits per heavy atom. The van der Waals surface area contributed by atoms with E-state index >= 15 is 0 Å². The Morgan fingerprint density at radius 2 is 1.97 bits per heavy atom. The van der Waals surface area contributed by atoms with Gasteiger partial charge in [-0.15, -0.1) is 0 Å². The van der Waals surface area contributed by atoms with Crippen molar-refractivity contribution in [3.8, 4) is 11.5 Å². The number of hydrogen-bond acceptors (Lipinski definition) is 7. The summed E-state index contributed by atoms with van der Waals surface area (Å²) in [5, 5.41) is 10.9. The lowest BCUT2D eigenvalue weighted by Gasteiger charge is -2.17. The smallest absolute Gasteiger partial charge is 0.271 e. The SMILES string of the molecule is O=C1c2ccc(-c3nc4cc([N+](=O)[O-])ccc4o3)cc2C(=O)N1CC1CCCO1. The number of benzene rings is 2. The molecule has 3 heterocycles. The first kappa shape index (κ1) is 17.5. The van der Waals surface area contributed by atoms with E-state index in [0.717, 1.165) is 12.8 Å². The summed E-state index contributed by atoms with van der Waals surface area (Å²) in [6.07, 6.45) is 1.63. The minimum atomic E-state index is -0.504. The lowest BCUT2D eigenvalue weighted by molar-refractivity contribution is -0.384. The van der Waals surface area contributed by atoms with Crippen LogP contribution in [-0.4, -0.2) is 45.9 Å². The minimum absolute atomic E-state index is 0.0862. The second kappa shape index (κ2) is 6.49. The van der Waals surface area contributed by atoms with Crippen molar-refractivity contribution in [3.05, 3.63) is 57.6 Å². The molecule has 0 N–H and O–H groups in total. The molecule has 5 rings (SSSR count). The molecule has 3 aromatic rings. The van der Waals surface area contributed by atoms with Gasteiger partial charge in [0.2, 0.25) is 5.89 Å². The van der Waals surface area contributed by atoms with Crippen molar-refractivity contribution in [1.82, 2.24) is 9.88 Å². The first-order valence-electron chi connectivity index (χ1n) is 9.18. The van der Waals surface area contributed by atoms with E-state index < -0.39 is 4.92 Å². The molecular formula is C20H15N3O6. The molecule has 2 aromatic carbocycles. The van der Waals surface area contributed by atoms with Crippen molar-refractivity contribution in [1.29, 1.82) is 0 Å². The van der Waals surface area contributed by atoms with Gasteiger partial charge in [0.05, 0.1) is 28.7 Å². The van der Waals surface area contributed by atoms with Gasteiger partial charge in [-0.3, -0.25) is 24.6 Å². The fourth-order valence-corrected chi connectivity index (χ4v) is 3.73. The van der Waals surface area contributed by atoms with Gasteiger partial charge in [-0.1, -0.05) is 0 Å². The fourth-order valence-electron chi connectivity index (χ4n) is 3.73. The predicted octanol–water partition coefficient (Wildman–Crippen LogP) is 3.18. The fraction of sp³-hybridized carbons (Fsp3) is 0.250. The third-order valence-corrected chi connectivity index (χ3v) is 5.21. The number of nitro groups is 1. The molecule has 9 nitrogen and oxygen atoms in total. The van der Waals surface area contributed by atoms with Crippen LogP contribution in [0.4, 0.5) is 5.69 Å². The third kappa shape index (κ3) is 2.87. The standard InChI is InChI=1S/C20H15N3O6/c24-19-14-5-3-11(8-15(14)20(25)22(19)10-13-2-1-7-28-13)18-21-16-9-12(23(26)27)4-6-17(16)29-18/h3-6,8-9,13H,1-2,7,10H2. The zero-order valence-electron chi connectivity index (χ0n) is 15.2. The van der Waals surface area contributed by atoms with Gasteiger partial charge in [0, 0.05) is 24.3 Å². The van der Waals surface area contributed by atoms with Crippen LogP contribution in [0.2, 0.25) is 0 Å². The molecule has 9 heteroatoms. The molecule has 146 valence electrons. The van der Waals surface area contributed by atoms with E-state index in [1.54, 1.807) is 18.2 Å². The number of fused-ring (bicyclic) bond motifs is 2. The molecule has 1 fully saturated rings. The summed E-state index contributed by atoms with van der Waals surface area (Å²) in [5.74, 6) is -0.476. The highest BCUT2D eigenvalue weighted by Crippen LogP contribution is 2.31. The zero-order chi connectivity index (χ0) is 20.1. The number of imide groups is 1. The van der Waals surface area contributed by atoms with E-state index in [2.05, 4.69) is 4.98 Å². The summed E-state index contributed by atoms with van der Waals surface area (Å²) in [4.78, 5) is 41.4. The highest BCUT2D eigenvalue weighted by Gasteiger charge is 2.37. The van der Waals surface area contributed by atoms with Crippen molar-refractivity contribution >= 4 is 28.6 Å². The number of nitrogens with zero attached hydrogens (tertiary/aromatic N) is 3. The molecule has 1 unspecified atom stereocenters. The molecule has 1 atom stereocenters. The van der Waals surface area contributed by atoms with Crippen LogP contribution in [-0.2, 0) is 4.74 Å². The Morgan fingerprint density at radius 1 is 1.14 bits per heavy atom. The van der Waals surface area contributed by atoms with E-state index in [0.29, 0.717) is 34.4 Å². The van der Waals surface area contributed by atoms with Gasteiger partial charge >= 0.3 is 0 Å². The molecule has 2 aliphatic heterocycles. The number of amides is 2. The summed E-state index contributed by atoms with van der Waals surface area (Å²) in [7, 11) is 0. The lowest BCUT2D eigenvalue weighted by Crippen LogP contribution is -2.36. The van der Waals surface area contributed by atoms with E-state index in [4.69, 9.17) is 9.15 Å². The van der Waals surface area contributed by atoms with Gasteiger partial charge in [-0.25, -0.2) is 4.98 Å². The van der Waals surface area contributed by atoms with Crippen LogP contribution in [0.3, 0.4) is 0 Å². The van der Waals surface area contributed by atoms with E-state index in [-0.39, 0.29) is 36.0 Å². The quantitative estimate of drug-likeness (QED) is 0.380. The molecule has 0 saturated carbocycles. The van der Waals surface area contributed by atoms with Crippen LogP contribution in [0.1, 0.15) is 33.6 Å². The lowest BCUT2D eigenvalue weighted by atomic mass is 10.1. The molecular weight excluding hydrogens is 378 g/mol. The number of non-ortho nitro benzene ring substituents is 1. The van der Waals surface area contributed by atoms with Crippen molar-refractivity contribution in [2.24, 2.45) is 0 Å². The molecule has 0 spiro atoms. The molecule has 0 aliphatic carbocycles. The van der Waals surface area contributed by atoms with Crippen LogP contribution < -0.4 is 0 Å². The van der Waals surface area contributed by atoms with Crippen molar-refractivity contribution in [2.45, 2.75) is 18.9 Å². The van der Waals surface area contributed by atoms with Crippen LogP contribution in [0, 0.1) is 10.1 Å². The molecule has 2 amide bonds. The zero-order valence-corrected chi connectivity index (χ0v) is 15.2. The second-order valence-corrected chi connectivity index (χ2v) is 7.04. The van der Waals surface area contributed by atoms with Crippen molar-refractivity contribution < 1.29 is 23.7 Å². The van der Waals surface area contributed by atoms with Crippen LogP contribution in [0.15, 0.2) is 40.8 Å². The van der Waals surface area contributed by atoms with Gasteiger partial charge in [0.1, 0.15) is 5.52 Å². The molecule has 29 heavy (non-hydrogen) atoms. The second-order valence-electron chi connectivity index (χ2n) is 7.04. The Balaban J connectivity index is 1.48.